The Bertz CT molecular complexity index is 496. The van der Waals surface area contributed by atoms with Gasteiger partial charge in [-0.1, -0.05) is 17.7 Å². The lowest BCUT2D eigenvalue weighted by Gasteiger charge is -2.03. The van der Waals surface area contributed by atoms with Gasteiger partial charge in [0.05, 0.1) is 11.9 Å². The quantitative estimate of drug-likeness (QED) is 0.676. The summed E-state index contributed by atoms with van der Waals surface area (Å²) < 4.78 is 1.88. The highest BCUT2D eigenvalue weighted by Gasteiger charge is 2.04. The summed E-state index contributed by atoms with van der Waals surface area (Å²) in [5, 5.41) is 0.656. The molecule has 3 nitrogen and oxygen atoms in total. The van der Waals surface area contributed by atoms with Crippen LogP contribution >= 0.6 is 23.4 Å². The highest BCUT2D eigenvalue weighted by Crippen LogP contribution is 2.24. The Balaban J connectivity index is 2.05. The van der Waals surface area contributed by atoms with Crippen molar-refractivity contribution in [3.05, 3.63) is 41.4 Å². The molecule has 0 radical (unpaired) electrons. The molecule has 0 aliphatic rings. The predicted octanol–water partition coefficient (Wildman–Crippen LogP) is 2.95. The summed E-state index contributed by atoms with van der Waals surface area (Å²) in [7, 11) is 1.91. The van der Waals surface area contributed by atoms with Gasteiger partial charge in [0.15, 0.2) is 0 Å². The normalized spacial score (nSPS) is 10.6. The molecule has 0 aliphatic heterocycles. The number of hydrogen-bond acceptors (Lipinski definition) is 3. The molecule has 1 aromatic heterocycles. The highest BCUT2D eigenvalue weighted by atomic mass is 35.5. The second-order valence-electron chi connectivity index (χ2n) is 3.42. The number of nitrogen functional groups attached to an aromatic ring is 1. The summed E-state index contributed by atoms with van der Waals surface area (Å²) in [5.41, 5.74) is 6.49. The summed E-state index contributed by atoms with van der Waals surface area (Å²) >= 11 is 7.60. The van der Waals surface area contributed by atoms with E-state index in [0.29, 0.717) is 5.15 Å². The first-order chi connectivity index (χ1) is 7.66. The Labute approximate surface area is 104 Å². The summed E-state index contributed by atoms with van der Waals surface area (Å²) in [6.45, 7) is 0. The molecule has 0 unspecified atom stereocenters. The number of rotatable bonds is 3. The third-order valence-corrected chi connectivity index (χ3v) is 3.59. The largest absolute Gasteiger partial charge is 0.399 e. The van der Waals surface area contributed by atoms with Crippen molar-refractivity contribution < 1.29 is 0 Å². The molecule has 2 N–H and O–H groups in total. The van der Waals surface area contributed by atoms with Crippen LogP contribution in [0.25, 0.3) is 0 Å². The molecule has 0 bridgehead atoms. The molecule has 0 amide bonds. The number of aromatic nitrogens is 2. The van der Waals surface area contributed by atoms with E-state index < -0.39 is 0 Å². The third-order valence-electron chi connectivity index (χ3n) is 2.25. The minimum atomic E-state index is 0.656. The molecule has 1 heterocycles. The fraction of sp³-hybridized carbons (Fsp3) is 0.182. The summed E-state index contributed by atoms with van der Waals surface area (Å²) in [6.07, 6.45) is 1.66. The summed E-state index contributed by atoms with van der Waals surface area (Å²) in [6, 6.07) is 7.81. The highest BCUT2D eigenvalue weighted by molar-refractivity contribution is 7.98. The molecule has 0 saturated carbocycles. The zero-order valence-corrected chi connectivity index (χ0v) is 10.4. The topological polar surface area (TPSA) is 43.8 Å². The number of hydrogen-bond donors (Lipinski definition) is 1. The molecular weight excluding hydrogens is 242 g/mol. The van der Waals surface area contributed by atoms with Gasteiger partial charge >= 0.3 is 0 Å². The minimum Gasteiger partial charge on any atom is -0.399 e. The van der Waals surface area contributed by atoms with Crippen LogP contribution in [0.1, 0.15) is 5.82 Å². The van der Waals surface area contributed by atoms with E-state index in [2.05, 4.69) is 4.98 Å². The van der Waals surface area contributed by atoms with E-state index in [-0.39, 0.29) is 0 Å². The standard InChI is InChI=1S/C11H12ClN3S/c1-15-10(12)6-14-11(15)7-16-9-4-2-3-8(13)5-9/h2-6H,7,13H2,1H3. The molecule has 16 heavy (non-hydrogen) atoms. The molecule has 5 heteroatoms. The lowest BCUT2D eigenvalue weighted by atomic mass is 10.3. The summed E-state index contributed by atoms with van der Waals surface area (Å²) in [5.74, 6) is 1.74. The molecule has 0 saturated heterocycles. The Hall–Kier alpha value is -1.13. The van der Waals surface area contributed by atoms with E-state index in [1.807, 2.05) is 35.9 Å². The molecule has 2 rings (SSSR count). The van der Waals surface area contributed by atoms with Crippen LogP contribution in [0.5, 0.6) is 0 Å². The van der Waals surface area contributed by atoms with Crippen molar-refractivity contribution in [2.24, 2.45) is 7.05 Å². The smallest absolute Gasteiger partial charge is 0.128 e. The lowest BCUT2D eigenvalue weighted by molar-refractivity contribution is 0.850. The van der Waals surface area contributed by atoms with E-state index in [4.69, 9.17) is 17.3 Å². The van der Waals surface area contributed by atoms with E-state index in [1.165, 1.54) is 0 Å². The number of halogens is 1. The van der Waals surface area contributed by atoms with Gasteiger partial charge in [0.2, 0.25) is 0 Å². The van der Waals surface area contributed by atoms with Crippen molar-refractivity contribution in [2.75, 3.05) is 5.73 Å². The van der Waals surface area contributed by atoms with Crippen molar-refractivity contribution >= 4 is 29.1 Å². The van der Waals surface area contributed by atoms with E-state index in [1.54, 1.807) is 18.0 Å². The van der Waals surface area contributed by atoms with Crippen LogP contribution in [-0.4, -0.2) is 9.55 Å². The molecule has 0 atom stereocenters. The van der Waals surface area contributed by atoms with E-state index >= 15 is 0 Å². The predicted molar refractivity (Wildman–Crippen MR) is 68.6 cm³/mol. The van der Waals surface area contributed by atoms with E-state index in [0.717, 1.165) is 22.2 Å². The number of nitrogens with two attached hydrogens (primary N) is 1. The maximum Gasteiger partial charge on any atom is 0.128 e. The summed E-state index contributed by atoms with van der Waals surface area (Å²) in [4.78, 5) is 5.37. The first-order valence-electron chi connectivity index (χ1n) is 4.81. The maximum atomic E-state index is 5.91. The van der Waals surface area contributed by atoms with Gasteiger partial charge in [-0.3, -0.25) is 0 Å². The number of nitrogens with zero attached hydrogens (tertiary/aromatic N) is 2. The van der Waals surface area contributed by atoms with Crippen LogP contribution in [-0.2, 0) is 12.8 Å². The van der Waals surface area contributed by atoms with Crippen LogP contribution in [0.3, 0.4) is 0 Å². The van der Waals surface area contributed by atoms with Crippen LogP contribution in [0.15, 0.2) is 35.4 Å². The molecule has 1 aromatic carbocycles. The first-order valence-corrected chi connectivity index (χ1v) is 6.17. The van der Waals surface area contributed by atoms with Crippen molar-refractivity contribution in [1.29, 1.82) is 0 Å². The molecule has 84 valence electrons. The monoisotopic (exact) mass is 253 g/mol. The minimum absolute atomic E-state index is 0.656. The first kappa shape index (κ1) is 11.4. The van der Waals surface area contributed by atoms with Crippen LogP contribution in [0, 0.1) is 0 Å². The third kappa shape index (κ3) is 2.51. The molecule has 0 spiro atoms. The lowest BCUT2D eigenvalue weighted by Crippen LogP contribution is -1.95. The molecule has 2 aromatic rings. The zero-order chi connectivity index (χ0) is 11.5. The second kappa shape index (κ2) is 4.80. The zero-order valence-electron chi connectivity index (χ0n) is 8.85. The van der Waals surface area contributed by atoms with Crippen LogP contribution < -0.4 is 5.73 Å². The van der Waals surface area contributed by atoms with Crippen molar-refractivity contribution in [1.82, 2.24) is 9.55 Å². The van der Waals surface area contributed by atoms with Gasteiger partial charge in [0.25, 0.3) is 0 Å². The Kier molecular flexibility index (Phi) is 3.41. The number of anilines is 1. The molecule has 0 fully saturated rings. The van der Waals surface area contributed by atoms with Crippen molar-refractivity contribution in [3.8, 4) is 0 Å². The van der Waals surface area contributed by atoms with Crippen molar-refractivity contribution in [2.45, 2.75) is 10.6 Å². The van der Waals surface area contributed by atoms with Crippen molar-refractivity contribution in [3.63, 3.8) is 0 Å². The molecular formula is C11H12ClN3S. The molecule has 0 aliphatic carbocycles. The van der Waals surface area contributed by atoms with Crippen LogP contribution in [0.4, 0.5) is 5.69 Å². The SMILES string of the molecule is Cn1c(Cl)cnc1CSc1cccc(N)c1. The number of imidazole rings is 1. The Morgan fingerprint density at radius 1 is 1.50 bits per heavy atom. The second-order valence-corrected chi connectivity index (χ2v) is 4.85. The fourth-order valence-electron chi connectivity index (χ4n) is 1.31. The van der Waals surface area contributed by atoms with E-state index in [9.17, 15) is 0 Å². The Morgan fingerprint density at radius 2 is 2.31 bits per heavy atom. The van der Waals surface area contributed by atoms with Gasteiger partial charge in [-0.15, -0.1) is 11.8 Å². The van der Waals surface area contributed by atoms with Gasteiger partial charge in [-0.05, 0) is 18.2 Å². The van der Waals surface area contributed by atoms with Gasteiger partial charge in [0.1, 0.15) is 11.0 Å². The fourth-order valence-corrected chi connectivity index (χ4v) is 2.42. The average molecular weight is 254 g/mol. The van der Waals surface area contributed by atoms with Gasteiger partial charge < -0.3 is 10.3 Å². The Morgan fingerprint density at radius 3 is 2.94 bits per heavy atom. The number of thioether (sulfide) groups is 1. The van der Waals surface area contributed by atoms with Gasteiger partial charge in [0, 0.05) is 17.6 Å². The van der Waals surface area contributed by atoms with Gasteiger partial charge in [-0.2, -0.15) is 0 Å². The maximum absolute atomic E-state index is 5.91. The van der Waals surface area contributed by atoms with Crippen LogP contribution in [0.2, 0.25) is 5.15 Å². The number of benzene rings is 1. The van der Waals surface area contributed by atoms with Gasteiger partial charge in [-0.25, -0.2) is 4.98 Å². The average Bonchev–Trinajstić information content (AvgIpc) is 2.57.